The lowest BCUT2D eigenvalue weighted by Crippen LogP contribution is -2.12. The maximum Gasteiger partial charge on any atom is 0.120 e. The quantitative estimate of drug-likeness (QED) is 0.853. The largest absolute Gasteiger partial charge is 0.492 e. The van der Waals surface area contributed by atoms with Gasteiger partial charge >= 0.3 is 0 Å². The first-order valence-corrected chi connectivity index (χ1v) is 6.70. The fourth-order valence-corrected chi connectivity index (χ4v) is 2.02. The summed E-state index contributed by atoms with van der Waals surface area (Å²) in [4.78, 5) is 0. The lowest BCUT2D eigenvalue weighted by molar-refractivity contribution is 0.332. The summed E-state index contributed by atoms with van der Waals surface area (Å²) in [6.07, 6.45) is 0. The zero-order chi connectivity index (χ0) is 13.5. The molecule has 0 fully saturated rings. The van der Waals surface area contributed by atoms with Crippen LogP contribution in [-0.4, -0.2) is 13.2 Å². The van der Waals surface area contributed by atoms with Crippen molar-refractivity contribution in [3.63, 3.8) is 0 Å². The van der Waals surface area contributed by atoms with Crippen molar-refractivity contribution in [1.82, 2.24) is 0 Å². The predicted octanol–water partition coefficient (Wildman–Crippen LogP) is 3.81. The van der Waals surface area contributed by atoms with Crippen LogP contribution in [0.1, 0.15) is 5.56 Å². The van der Waals surface area contributed by atoms with Gasteiger partial charge in [0, 0.05) is 11.0 Å². The third-order valence-electron chi connectivity index (χ3n) is 2.53. The highest BCUT2D eigenvalue weighted by atomic mass is 79.9. The van der Waals surface area contributed by atoms with Crippen molar-refractivity contribution in [2.75, 3.05) is 18.5 Å². The topological polar surface area (TPSA) is 45.0 Å². The smallest absolute Gasteiger partial charge is 0.120 e. The van der Waals surface area contributed by atoms with Gasteiger partial charge in [0.25, 0.3) is 0 Å². The Morgan fingerprint density at radius 1 is 1.16 bits per heavy atom. The van der Waals surface area contributed by atoms with Gasteiger partial charge in [0.1, 0.15) is 18.4 Å². The minimum atomic E-state index is 0.538. The zero-order valence-corrected chi connectivity index (χ0v) is 11.9. The van der Waals surface area contributed by atoms with Crippen LogP contribution in [-0.2, 0) is 0 Å². The van der Waals surface area contributed by atoms with Gasteiger partial charge in [-0.2, -0.15) is 5.26 Å². The summed E-state index contributed by atoms with van der Waals surface area (Å²) in [5.74, 6) is 0.824. The van der Waals surface area contributed by atoms with Gasteiger partial charge in [0.2, 0.25) is 0 Å². The molecule has 0 atom stereocenters. The fourth-order valence-electron chi connectivity index (χ4n) is 1.65. The second-order valence-corrected chi connectivity index (χ2v) is 4.81. The summed E-state index contributed by atoms with van der Waals surface area (Å²) in [5.41, 5.74) is 1.48. The lowest BCUT2D eigenvalue weighted by Gasteiger charge is -2.09. The van der Waals surface area contributed by atoms with Gasteiger partial charge in [-0.05, 0) is 30.3 Å². The predicted molar refractivity (Wildman–Crippen MR) is 79.3 cm³/mol. The van der Waals surface area contributed by atoms with Crippen LogP contribution in [0.25, 0.3) is 0 Å². The van der Waals surface area contributed by atoms with Crippen LogP contribution in [0, 0.1) is 11.3 Å². The number of nitrogens with one attached hydrogen (secondary N) is 1. The molecule has 2 aromatic carbocycles. The maximum absolute atomic E-state index is 8.96. The summed E-state index contributed by atoms with van der Waals surface area (Å²) in [7, 11) is 0. The first kappa shape index (κ1) is 13.4. The first-order valence-electron chi connectivity index (χ1n) is 5.91. The number of rotatable bonds is 5. The summed E-state index contributed by atoms with van der Waals surface area (Å²) in [5, 5.41) is 12.1. The number of nitrogens with zero attached hydrogens (tertiary/aromatic N) is 1. The molecule has 2 rings (SSSR count). The van der Waals surface area contributed by atoms with E-state index in [4.69, 9.17) is 10.00 Å². The Labute approximate surface area is 121 Å². The Morgan fingerprint density at radius 3 is 2.79 bits per heavy atom. The number of anilines is 1. The Bertz CT molecular complexity index is 593. The average molecular weight is 317 g/mol. The van der Waals surface area contributed by atoms with Crippen molar-refractivity contribution in [3.8, 4) is 11.8 Å². The third-order valence-corrected chi connectivity index (χ3v) is 3.02. The number of ether oxygens (including phenoxy) is 1. The van der Waals surface area contributed by atoms with Crippen LogP contribution >= 0.6 is 15.9 Å². The first-order chi connectivity index (χ1) is 9.29. The van der Waals surface area contributed by atoms with Crippen LogP contribution in [0.5, 0.6) is 5.75 Å². The number of nitriles is 1. The molecular formula is C15H13BrN2O. The Hall–Kier alpha value is -1.99. The number of benzene rings is 2. The van der Waals surface area contributed by atoms with Gasteiger partial charge in [-0.3, -0.25) is 0 Å². The Balaban J connectivity index is 1.83. The van der Waals surface area contributed by atoms with Crippen molar-refractivity contribution in [3.05, 3.63) is 58.6 Å². The van der Waals surface area contributed by atoms with E-state index in [1.165, 1.54) is 0 Å². The van der Waals surface area contributed by atoms with Crippen LogP contribution in [0.3, 0.4) is 0 Å². The molecule has 0 aliphatic rings. The van der Waals surface area contributed by atoms with Crippen molar-refractivity contribution in [2.24, 2.45) is 0 Å². The fraction of sp³-hybridized carbons (Fsp3) is 0.133. The van der Waals surface area contributed by atoms with Gasteiger partial charge in [-0.25, -0.2) is 0 Å². The van der Waals surface area contributed by atoms with Gasteiger partial charge in [-0.1, -0.05) is 34.1 Å². The number of hydrogen-bond donors (Lipinski definition) is 1. The molecule has 0 radical (unpaired) electrons. The van der Waals surface area contributed by atoms with E-state index in [2.05, 4.69) is 27.3 Å². The molecule has 0 aliphatic heterocycles. The SMILES string of the molecule is N#Cc1ccccc1NCCOc1cccc(Br)c1. The summed E-state index contributed by atoms with van der Waals surface area (Å²) in [6.45, 7) is 1.18. The van der Waals surface area contributed by atoms with E-state index in [-0.39, 0.29) is 0 Å². The summed E-state index contributed by atoms with van der Waals surface area (Å²) < 4.78 is 6.60. The van der Waals surface area contributed by atoms with Gasteiger partial charge in [-0.15, -0.1) is 0 Å². The van der Waals surface area contributed by atoms with E-state index in [0.717, 1.165) is 15.9 Å². The van der Waals surface area contributed by atoms with Crippen molar-refractivity contribution in [2.45, 2.75) is 0 Å². The van der Waals surface area contributed by atoms with Crippen LogP contribution in [0.15, 0.2) is 53.0 Å². The van der Waals surface area contributed by atoms with Crippen molar-refractivity contribution >= 4 is 21.6 Å². The molecule has 0 bridgehead atoms. The molecular weight excluding hydrogens is 304 g/mol. The zero-order valence-electron chi connectivity index (χ0n) is 10.3. The monoisotopic (exact) mass is 316 g/mol. The second-order valence-electron chi connectivity index (χ2n) is 3.89. The van der Waals surface area contributed by atoms with Crippen LogP contribution < -0.4 is 10.1 Å². The minimum Gasteiger partial charge on any atom is -0.492 e. The number of halogens is 1. The molecule has 0 unspecified atom stereocenters. The van der Waals surface area contributed by atoms with Crippen LogP contribution in [0.4, 0.5) is 5.69 Å². The Morgan fingerprint density at radius 2 is 2.00 bits per heavy atom. The minimum absolute atomic E-state index is 0.538. The number of para-hydroxylation sites is 1. The number of hydrogen-bond acceptors (Lipinski definition) is 3. The second kappa shape index (κ2) is 6.81. The van der Waals surface area contributed by atoms with E-state index in [9.17, 15) is 0 Å². The maximum atomic E-state index is 8.96. The molecule has 1 N–H and O–H groups in total. The lowest BCUT2D eigenvalue weighted by atomic mass is 10.2. The van der Waals surface area contributed by atoms with E-state index in [1.807, 2.05) is 42.5 Å². The normalized spacial score (nSPS) is 9.68. The van der Waals surface area contributed by atoms with E-state index in [1.54, 1.807) is 6.07 Å². The molecule has 96 valence electrons. The van der Waals surface area contributed by atoms with Gasteiger partial charge < -0.3 is 10.1 Å². The van der Waals surface area contributed by atoms with Crippen molar-refractivity contribution in [1.29, 1.82) is 5.26 Å². The molecule has 0 saturated carbocycles. The highest BCUT2D eigenvalue weighted by molar-refractivity contribution is 9.10. The molecule has 3 nitrogen and oxygen atoms in total. The molecule has 0 saturated heterocycles. The van der Waals surface area contributed by atoms with Gasteiger partial charge in [0.05, 0.1) is 11.3 Å². The Kier molecular flexibility index (Phi) is 4.82. The van der Waals surface area contributed by atoms with E-state index >= 15 is 0 Å². The molecule has 19 heavy (non-hydrogen) atoms. The molecule has 0 aromatic heterocycles. The molecule has 4 heteroatoms. The molecule has 0 spiro atoms. The molecule has 0 aliphatic carbocycles. The standard InChI is InChI=1S/C15H13BrN2O/c16-13-5-3-6-14(10-13)19-9-8-18-15-7-2-1-4-12(15)11-17/h1-7,10,18H,8-9H2. The van der Waals surface area contributed by atoms with E-state index in [0.29, 0.717) is 18.7 Å². The summed E-state index contributed by atoms with van der Waals surface area (Å²) in [6, 6.07) is 17.3. The highest BCUT2D eigenvalue weighted by Crippen LogP contribution is 2.18. The highest BCUT2D eigenvalue weighted by Gasteiger charge is 1.99. The van der Waals surface area contributed by atoms with Crippen molar-refractivity contribution < 1.29 is 4.74 Å². The summed E-state index contributed by atoms with van der Waals surface area (Å²) >= 11 is 3.40. The molecule has 0 amide bonds. The third kappa shape index (κ3) is 4.01. The van der Waals surface area contributed by atoms with E-state index < -0.39 is 0 Å². The van der Waals surface area contributed by atoms with Gasteiger partial charge in [0.15, 0.2) is 0 Å². The molecule has 0 heterocycles. The molecule has 2 aromatic rings. The average Bonchev–Trinajstić information content (AvgIpc) is 2.44. The van der Waals surface area contributed by atoms with Crippen LogP contribution in [0.2, 0.25) is 0 Å².